The van der Waals surface area contributed by atoms with E-state index in [2.05, 4.69) is 21.0 Å². The average Bonchev–Trinajstić information content (AvgIpc) is 3.67. The van der Waals surface area contributed by atoms with Crippen molar-refractivity contribution in [2.45, 2.75) is 6.61 Å². The number of para-hydroxylation sites is 1. The molecule has 3 heterocycles. The van der Waals surface area contributed by atoms with Crippen molar-refractivity contribution in [1.29, 1.82) is 0 Å². The van der Waals surface area contributed by atoms with Crippen molar-refractivity contribution in [2.24, 2.45) is 5.10 Å². The SMILES string of the molecule is COc1cccc2oc(-c3nc4ccccc4c(=O)n3N=Cc3cc(Cl)cc(Br)c3OCc3ccc4c(c3)OCO4)cc12. The van der Waals surface area contributed by atoms with Crippen LogP contribution in [0.15, 0.2) is 97.6 Å². The molecule has 0 atom stereocenters. The van der Waals surface area contributed by atoms with Crippen molar-refractivity contribution in [3.05, 3.63) is 110 Å². The van der Waals surface area contributed by atoms with E-state index in [4.69, 9.17) is 39.9 Å². The predicted octanol–water partition coefficient (Wildman–Crippen LogP) is 7.42. The Morgan fingerprint density at radius 2 is 1.88 bits per heavy atom. The monoisotopic (exact) mass is 657 g/mol. The molecule has 0 radical (unpaired) electrons. The average molecular weight is 659 g/mol. The molecule has 0 N–H and O–H groups in total. The van der Waals surface area contributed by atoms with E-state index in [-0.39, 0.29) is 24.8 Å². The van der Waals surface area contributed by atoms with Crippen LogP contribution in [0.2, 0.25) is 5.02 Å². The minimum atomic E-state index is -0.367. The Kier molecular flexibility index (Phi) is 7.00. The van der Waals surface area contributed by atoms with Gasteiger partial charge in [0, 0.05) is 10.6 Å². The first-order valence-corrected chi connectivity index (χ1v) is 14.3. The molecule has 0 saturated heterocycles. The van der Waals surface area contributed by atoms with Gasteiger partial charge in [0.05, 0.1) is 34.1 Å². The van der Waals surface area contributed by atoms with Crippen molar-refractivity contribution in [1.82, 2.24) is 9.66 Å². The second kappa shape index (κ2) is 11.1. The summed E-state index contributed by atoms with van der Waals surface area (Å²) in [5.74, 6) is 3.06. The van der Waals surface area contributed by atoms with Crippen LogP contribution in [0, 0.1) is 0 Å². The zero-order valence-corrected chi connectivity index (χ0v) is 24.9. The zero-order valence-electron chi connectivity index (χ0n) is 22.5. The number of nitrogens with zero attached hydrogens (tertiary/aromatic N) is 3. The number of furan rings is 1. The first-order valence-electron chi connectivity index (χ1n) is 13.1. The van der Waals surface area contributed by atoms with Crippen molar-refractivity contribution in [3.63, 3.8) is 0 Å². The van der Waals surface area contributed by atoms with Gasteiger partial charge in [-0.25, -0.2) is 4.98 Å². The summed E-state index contributed by atoms with van der Waals surface area (Å²) in [7, 11) is 1.59. The lowest BCUT2D eigenvalue weighted by Crippen LogP contribution is -2.20. The van der Waals surface area contributed by atoms with Gasteiger partial charge in [0.1, 0.15) is 23.7 Å². The molecule has 0 spiro atoms. The maximum atomic E-state index is 13.8. The summed E-state index contributed by atoms with van der Waals surface area (Å²) in [6, 6.07) is 23.4. The Morgan fingerprint density at radius 3 is 2.77 bits per heavy atom. The molecule has 4 aromatic carbocycles. The first-order chi connectivity index (χ1) is 21.0. The molecule has 1 aliphatic rings. The molecule has 0 unspecified atom stereocenters. The van der Waals surface area contributed by atoms with Gasteiger partial charge in [-0.2, -0.15) is 9.78 Å². The van der Waals surface area contributed by atoms with E-state index in [0.29, 0.717) is 60.3 Å². The predicted molar refractivity (Wildman–Crippen MR) is 167 cm³/mol. The van der Waals surface area contributed by atoms with E-state index >= 15 is 0 Å². The van der Waals surface area contributed by atoms with Crippen LogP contribution < -0.4 is 24.5 Å². The number of hydrogen-bond donors (Lipinski definition) is 0. The number of benzene rings is 4. The highest BCUT2D eigenvalue weighted by molar-refractivity contribution is 9.10. The largest absolute Gasteiger partial charge is 0.496 e. The number of rotatable bonds is 7. The van der Waals surface area contributed by atoms with E-state index in [0.717, 1.165) is 10.9 Å². The number of hydrogen-bond acceptors (Lipinski definition) is 8. The van der Waals surface area contributed by atoms with Gasteiger partial charge >= 0.3 is 0 Å². The second-order valence-electron chi connectivity index (χ2n) is 9.58. The molecule has 0 amide bonds. The first kappa shape index (κ1) is 27.1. The molecule has 1 aliphatic heterocycles. The molecule has 9 nitrogen and oxygen atoms in total. The van der Waals surface area contributed by atoms with Crippen molar-refractivity contribution in [2.75, 3.05) is 13.9 Å². The van der Waals surface area contributed by atoms with Gasteiger partial charge in [0.25, 0.3) is 5.56 Å². The highest BCUT2D eigenvalue weighted by atomic mass is 79.9. The summed E-state index contributed by atoms with van der Waals surface area (Å²) in [6.07, 6.45) is 1.51. The van der Waals surface area contributed by atoms with Crippen LogP contribution in [0.1, 0.15) is 11.1 Å². The number of halogens is 2. The highest BCUT2D eigenvalue weighted by Gasteiger charge is 2.19. The summed E-state index contributed by atoms with van der Waals surface area (Å²) in [5.41, 5.74) is 2.15. The number of fused-ring (bicyclic) bond motifs is 3. The molecule has 2 aromatic heterocycles. The van der Waals surface area contributed by atoms with Crippen LogP contribution in [-0.2, 0) is 6.61 Å². The molecule has 214 valence electrons. The van der Waals surface area contributed by atoms with Crippen LogP contribution in [0.4, 0.5) is 0 Å². The van der Waals surface area contributed by atoms with E-state index in [1.54, 1.807) is 43.5 Å². The maximum absolute atomic E-state index is 13.8. The molecule has 0 saturated carbocycles. The van der Waals surface area contributed by atoms with Crippen LogP contribution >= 0.6 is 27.5 Å². The molecule has 7 rings (SSSR count). The fourth-order valence-corrected chi connectivity index (χ4v) is 5.80. The highest BCUT2D eigenvalue weighted by Crippen LogP contribution is 2.36. The van der Waals surface area contributed by atoms with E-state index in [1.165, 1.54) is 10.9 Å². The van der Waals surface area contributed by atoms with Gasteiger partial charge in [-0.15, -0.1) is 0 Å². The molecule has 0 bridgehead atoms. The Labute approximate surface area is 258 Å². The van der Waals surface area contributed by atoms with Gasteiger partial charge in [-0.3, -0.25) is 4.79 Å². The number of ether oxygens (including phenoxy) is 4. The Morgan fingerprint density at radius 1 is 1.02 bits per heavy atom. The quantitative estimate of drug-likeness (QED) is 0.165. The molecule has 0 fully saturated rings. The fourth-order valence-electron chi connectivity index (χ4n) is 4.85. The van der Waals surface area contributed by atoms with E-state index in [9.17, 15) is 4.79 Å². The zero-order chi connectivity index (χ0) is 29.5. The van der Waals surface area contributed by atoms with Gasteiger partial charge in [-0.1, -0.05) is 35.9 Å². The summed E-state index contributed by atoms with van der Waals surface area (Å²) in [4.78, 5) is 18.5. The van der Waals surface area contributed by atoms with Gasteiger partial charge in [-0.05, 0) is 76.1 Å². The number of aromatic nitrogens is 2. The van der Waals surface area contributed by atoms with E-state index in [1.807, 2.05) is 42.5 Å². The van der Waals surface area contributed by atoms with E-state index < -0.39 is 0 Å². The molecular formula is C32H21BrClN3O6. The fraction of sp³-hybridized carbons (Fsp3) is 0.0938. The summed E-state index contributed by atoms with van der Waals surface area (Å²) in [5, 5.41) is 6.20. The van der Waals surface area contributed by atoms with Crippen LogP contribution in [-0.4, -0.2) is 29.8 Å². The maximum Gasteiger partial charge on any atom is 0.282 e. The van der Waals surface area contributed by atoms with Crippen molar-refractivity contribution < 1.29 is 23.4 Å². The Balaban J connectivity index is 1.31. The third kappa shape index (κ3) is 5.09. The summed E-state index contributed by atoms with van der Waals surface area (Å²) < 4.78 is 30.5. The molecule has 0 aliphatic carbocycles. The Hall–Kier alpha value is -4.80. The topological polar surface area (TPSA) is 97.3 Å². The smallest absolute Gasteiger partial charge is 0.282 e. The number of methoxy groups -OCH3 is 1. The van der Waals surface area contributed by atoms with Gasteiger partial charge < -0.3 is 23.4 Å². The summed E-state index contributed by atoms with van der Waals surface area (Å²) >= 11 is 9.97. The van der Waals surface area contributed by atoms with Crippen LogP contribution in [0.3, 0.4) is 0 Å². The second-order valence-corrected chi connectivity index (χ2v) is 10.9. The third-order valence-corrected chi connectivity index (χ3v) is 7.69. The normalized spacial score (nSPS) is 12.4. The van der Waals surface area contributed by atoms with Gasteiger partial charge in [0.2, 0.25) is 12.6 Å². The van der Waals surface area contributed by atoms with Crippen molar-refractivity contribution in [3.8, 4) is 34.6 Å². The van der Waals surface area contributed by atoms with Gasteiger partial charge in [0.15, 0.2) is 17.3 Å². The lowest BCUT2D eigenvalue weighted by Gasteiger charge is -2.13. The third-order valence-electron chi connectivity index (χ3n) is 6.89. The minimum absolute atomic E-state index is 0.190. The minimum Gasteiger partial charge on any atom is -0.496 e. The van der Waals surface area contributed by atoms with Crippen LogP contribution in [0.5, 0.6) is 23.0 Å². The molecule has 6 aromatic rings. The molecular weight excluding hydrogens is 638 g/mol. The van der Waals surface area contributed by atoms with Crippen molar-refractivity contribution >= 4 is 55.6 Å². The lowest BCUT2D eigenvalue weighted by molar-refractivity contribution is 0.174. The standard InChI is InChI=1S/C32H21BrClN3O6/c1-39-25-7-4-8-26-22(25)14-29(43-26)31-36-24-6-3-2-5-21(24)32(38)37(31)35-15-19-12-20(34)13-23(33)30(19)40-16-18-9-10-27-28(11-18)42-17-41-27/h2-15H,16-17H2,1H3. The molecule has 43 heavy (non-hydrogen) atoms. The van der Waals surface area contributed by atoms with Crippen LogP contribution in [0.25, 0.3) is 33.5 Å². The lowest BCUT2D eigenvalue weighted by atomic mass is 10.2. The summed E-state index contributed by atoms with van der Waals surface area (Å²) in [6.45, 7) is 0.427. The Bertz CT molecular complexity index is 2120. The molecule has 11 heteroatoms.